The Bertz CT molecular complexity index is 992. The van der Waals surface area contributed by atoms with Crippen molar-refractivity contribution in [1.29, 1.82) is 0 Å². The predicted molar refractivity (Wildman–Crippen MR) is 135 cm³/mol. The van der Waals surface area contributed by atoms with Crippen molar-refractivity contribution < 1.29 is 14.3 Å². The molecule has 4 heteroatoms. The zero-order chi connectivity index (χ0) is 23.7. The summed E-state index contributed by atoms with van der Waals surface area (Å²) in [6.45, 7) is 7.93. The van der Waals surface area contributed by atoms with Crippen molar-refractivity contribution in [2.24, 2.45) is 17.8 Å². The van der Waals surface area contributed by atoms with E-state index >= 15 is 0 Å². The average molecular weight is 462 g/mol. The molecule has 4 saturated carbocycles. The molecule has 4 aliphatic carbocycles. The molecule has 1 amide bonds. The van der Waals surface area contributed by atoms with E-state index in [0.717, 1.165) is 29.1 Å². The number of carbonyl (C=O) groups is 1. The quantitative estimate of drug-likeness (QED) is 0.439. The molecule has 0 spiro atoms. The summed E-state index contributed by atoms with van der Waals surface area (Å²) in [7, 11) is 0. The highest BCUT2D eigenvalue weighted by Crippen LogP contribution is 2.57. The van der Waals surface area contributed by atoms with Crippen molar-refractivity contribution in [1.82, 2.24) is 5.32 Å². The van der Waals surface area contributed by atoms with Crippen molar-refractivity contribution in [2.75, 3.05) is 13.2 Å². The molecule has 34 heavy (non-hydrogen) atoms. The van der Waals surface area contributed by atoms with E-state index in [2.05, 4.69) is 44.3 Å². The van der Waals surface area contributed by atoms with Crippen LogP contribution in [-0.2, 0) is 11.3 Å². The smallest absolute Gasteiger partial charge is 0.251 e. The van der Waals surface area contributed by atoms with Gasteiger partial charge in [0, 0.05) is 17.7 Å². The van der Waals surface area contributed by atoms with Gasteiger partial charge in [-0.2, -0.15) is 0 Å². The number of hydrogen-bond acceptors (Lipinski definition) is 3. The van der Waals surface area contributed by atoms with E-state index in [1.807, 2.05) is 24.3 Å². The topological polar surface area (TPSA) is 47.6 Å². The van der Waals surface area contributed by atoms with Crippen molar-refractivity contribution in [3.05, 3.63) is 64.7 Å². The number of aryl methyl sites for hydroxylation is 1. The number of nitrogens with one attached hydrogen (secondary N) is 1. The van der Waals surface area contributed by atoms with E-state index in [-0.39, 0.29) is 11.5 Å². The fourth-order valence-electron chi connectivity index (χ4n) is 7.00. The maximum Gasteiger partial charge on any atom is 0.251 e. The van der Waals surface area contributed by atoms with Crippen LogP contribution in [0.15, 0.2) is 42.5 Å². The van der Waals surface area contributed by atoms with E-state index in [4.69, 9.17) is 9.47 Å². The molecule has 4 nitrogen and oxygen atoms in total. The summed E-state index contributed by atoms with van der Waals surface area (Å²) in [5.74, 6) is 3.84. The molecule has 2 aromatic carbocycles. The fraction of sp³-hybridized carbons (Fsp3) is 0.567. The van der Waals surface area contributed by atoms with E-state index < -0.39 is 0 Å². The third-order valence-electron chi connectivity index (χ3n) is 8.21. The summed E-state index contributed by atoms with van der Waals surface area (Å²) >= 11 is 0. The molecule has 4 aliphatic rings. The number of rotatable bonds is 9. The van der Waals surface area contributed by atoms with Crippen LogP contribution in [0.1, 0.15) is 85.3 Å². The molecule has 0 atom stereocenters. The first kappa shape index (κ1) is 23.4. The van der Waals surface area contributed by atoms with Gasteiger partial charge >= 0.3 is 0 Å². The maximum absolute atomic E-state index is 13.0. The Morgan fingerprint density at radius 3 is 2.38 bits per heavy atom. The Morgan fingerprint density at radius 1 is 1.03 bits per heavy atom. The molecule has 0 heterocycles. The van der Waals surface area contributed by atoms with E-state index in [1.54, 1.807) is 0 Å². The fourth-order valence-corrected chi connectivity index (χ4v) is 7.00. The van der Waals surface area contributed by atoms with Gasteiger partial charge in [0.25, 0.3) is 5.91 Å². The van der Waals surface area contributed by atoms with Crippen LogP contribution in [0, 0.1) is 24.7 Å². The first-order valence-electron chi connectivity index (χ1n) is 13.1. The normalized spacial score (nSPS) is 27.2. The van der Waals surface area contributed by atoms with Crippen molar-refractivity contribution in [2.45, 2.75) is 77.4 Å². The zero-order valence-corrected chi connectivity index (χ0v) is 20.9. The van der Waals surface area contributed by atoms with Gasteiger partial charge < -0.3 is 14.8 Å². The van der Waals surface area contributed by atoms with Gasteiger partial charge in [-0.05, 0) is 92.4 Å². The summed E-state index contributed by atoms with van der Waals surface area (Å²) in [5, 5.41) is 3.09. The molecule has 182 valence electrons. The average Bonchev–Trinajstić information content (AvgIpc) is 2.79. The standard InChI is InChI=1S/C30H39NO3/c1-20(2)26-9-8-21(3)12-28(26)33-19-25-6-4-5-7-27(25)29(32)31-10-11-34-30-16-22-13-23(17-30)15-24(14-22)18-30/h4-9,12,20,22-24H,10-11,13-19H2,1-3H3,(H,31,32). The van der Waals surface area contributed by atoms with Crippen LogP contribution in [-0.4, -0.2) is 24.7 Å². The first-order valence-corrected chi connectivity index (χ1v) is 13.1. The van der Waals surface area contributed by atoms with Crippen molar-refractivity contribution in [3.8, 4) is 5.75 Å². The third-order valence-corrected chi connectivity index (χ3v) is 8.21. The molecule has 0 aromatic heterocycles. The number of ether oxygens (including phenoxy) is 2. The maximum atomic E-state index is 13.0. The summed E-state index contributed by atoms with van der Waals surface area (Å²) < 4.78 is 12.7. The van der Waals surface area contributed by atoms with Crippen LogP contribution in [0.2, 0.25) is 0 Å². The molecule has 0 unspecified atom stereocenters. The van der Waals surface area contributed by atoms with Gasteiger partial charge in [0.05, 0.1) is 12.2 Å². The molecule has 2 aromatic rings. The number of carbonyl (C=O) groups excluding carboxylic acids is 1. The van der Waals surface area contributed by atoms with Crippen LogP contribution >= 0.6 is 0 Å². The highest BCUT2D eigenvalue weighted by atomic mass is 16.5. The highest BCUT2D eigenvalue weighted by molar-refractivity contribution is 5.95. The second kappa shape index (κ2) is 9.73. The van der Waals surface area contributed by atoms with Crippen LogP contribution in [0.3, 0.4) is 0 Å². The van der Waals surface area contributed by atoms with Crippen molar-refractivity contribution >= 4 is 5.91 Å². The van der Waals surface area contributed by atoms with Gasteiger partial charge in [-0.3, -0.25) is 4.79 Å². The zero-order valence-electron chi connectivity index (χ0n) is 20.9. The monoisotopic (exact) mass is 461 g/mol. The van der Waals surface area contributed by atoms with E-state index in [1.165, 1.54) is 49.7 Å². The molecule has 0 aliphatic heterocycles. The minimum absolute atomic E-state index is 0.0540. The second-order valence-electron chi connectivity index (χ2n) is 11.3. The summed E-state index contributed by atoms with van der Waals surface area (Å²) in [4.78, 5) is 13.0. The van der Waals surface area contributed by atoms with Gasteiger partial charge in [-0.25, -0.2) is 0 Å². The lowest BCUT2D eigenvalue weighted by Gasteiger charge is -2.56. The lowest BCUT2D eigenvalue weighted by molar-refractivity contribution is -0.160. The SMILES string of the molecule is Cc1ccc(C(C)C)c(OCc2ccccc2C(=O)NCCOC23CC4CC(CC(C4)C2)C3)c1. The molecule has 4 fully saturated rings. The van der Waals surface area contributed by atoms with Gasteiger partial charge in [-0.1, -0.05) is 44.2 Å². The minimum Gasteiger partial charge on any atom is -0.489 e. The molecule has 4 bridgehead atoms. The molecular weight excluding hydrogens is 422 g/mol. The Labute approximate surface area is 204 Å². The predicted octanol–water partition coefficient (Wildman–Crippen LogP) is 6.41. The summed E-state index contributed by atoms with van der Waals surface area (Å²) in [5.41, 5.74) is 4.03. The van der Waals surface area contributed by atoms with Gasteiger partial charge in [-0.15, -0.1) is 0 Å². The Hall–Kier alpha value is -2.33. The van der Waals surface area contributed by atoms with Crippen molar-refractivity contribution in [3.63, 3.8) is 0 Å². The van der Waals surface area contributed by atoms with Gasteiger partial charge in [0.2, 0.25) is 0 Å². The van der Waals surface area contributed by atoms with Crippen LogP contribution < -0.4 is 10.1 Å². The number of benzene rings is 2. The number of hydrogen-bond donors (Lipinski definition) is 1. The minimum atomic E-state index is -0.0540. The second-order valence-corrected chi connectivity index (χ2v) is 11.3. The van der Waals surface area contributed by atoms with E-state index in [0.29, 0.717) is 31.2 Å². The van der Waals surface area contributed by atoms with Gasteiger partial charge in [0.1, 0.15) is 12.4 Å². The lowest BCUT2D eigenvalue weighted by Crippen LogP contribution is -2.52. The third kappa shape index (κ3) is 5.02. The Kier molecular flexibility index (Phi) is 6.70. The molecular formula is C30H39NO3. The van der Waals surface area contributed by atoms with Crippen LogP contribution in [0.25, 0.3) is 0 Å². The Balaban J connectivity index is 1.16. The molecule has 0 radical (unpaired) electrons. The summed E-state index contributed by atoms with van der Waals surface area (Å²) in [6.07, 6.45) is 7.93. The van der Waals surface area contributed by atoms with Crippen LogP contribution in [0.5, 0.6) is 5.75 Å². The molecule has 1 N–H and O–H groups in total. The molecule has 6 rings (SSSR count). The lowest BCUT2D eigenvalue weighted by atomic mass is 9.54. The Morgan fingerprint density at radius 2 is 1.71 bits per heavy atom. The molecule has 0 saturated heterocycles. The summed E-state index contributed by atoms with van der Waals surface area (Å²) in [6, 6.07) is 14.1. The highest BCUT2D eigenvalue weighted by Gasteiger charge is 2.51. The largest absolute Gasteiger partial charge is 0.489 e. The van der Waals surface area contributed by atoms with Gasteiger partial charge in [0.15, 0.2) is 0 Å². The first-order chi connectivity index (χ1) is 16.4. The van der Waals surface area contributed by atoms with E-state index in [9.17, 15) is 4.79 Å². The number of amides is 1. The van der Waals surface area contributed by atoms with Crippen LogP contribution in [0.4, 0.5) is 0 Å².